The molecule has 172 valence electrons. The fraction of sp³-hybridized carbons (Fsp3) is 0.240. The highest BCUT2D eigenvalue weighted by molar-refractivity contribution is 6.18. The Hall–Kier alpha value is -4.27. The number of amides is 1. The van der Waals surface area contributed by atoms with E-state index in [-0.39, 0.29) is 34.4 Å². The average molecular weight is 458 g/mol. The molecule has 5 rings (SSSR count). The van der Waals surface area contributed by atoms with Gasteiger partial charge in [0, 0.05) is 0 Å². The maximum absolute atomic E-state index is 13.1. The van der Waals surface area contributed by atoms with Crippen LogP contribution in [0.25, 0.3) is 11.3 Å². The zero-order chi connectivity index (χ0) is 23.8. The molecule has 9 heteroatoms. The van der Waals surface area contributed by atoms with Crippen LogP contribution in [0.2, 0.25) is 0 Å². The Morgan fingerprint density at radius 2 is 1.91 bits per heavy atom. The Bertz CT molecular complexity index is 1360. The van der Waals surface area contributed by atoms with Crippen molar-refractivity contribution in [3.63, 3.8) is 0 Å². The third kappa shape index (κ3) is 3.85. The van der Waals surface area contributed by atoms with E-state index in [2.05, 4.69) is 21.4 Å². The summed E-state index contributed by atoms with van der Waals surface area (Å²) in [5, 5.41) is 33.7. The van der Waals surface area contributed by atoms with Gasteiger partial charge < -0.3 is 14.6 Å². The SMILES string of the molecule is CC1=NN(c2ccc3c(c2)CCCC3)C(=O)C1N=Nc1cccc(-c2ccc(C(=O)O)o2)c1O. The number of aromatic hydroxyl groups is 1. The molecule has 0 saturated heterocycles. The number of anilines is 1. The molecule has 0 bridgehead atoms. The number of furan rings is 1. The molecule has 0 spiro atoms. The van der Waals surface area contributed by atoms with Crippen LogP contribution >= 0.6 is 0 Å². The van der Waals surface area contributed by atoms with E-state index < -0.39 is 12.0 Å². The Kier molecular flexibility index (Phi) is 5.45. The summed E-state index contributed by atoms with van der Waals surface area (Å²) in [6.07, 6.45) is 4.38. The molecule has 1 aliphatic heterocycles. The quantitative estimate of drug-likeness (QED) is 0.514. The van der Waals surface area contributed by atoms with Gasteiger partial charge in [-0.15, -0.1) is 0 Å². The summed E-state index contributed by atoms with van der Waals surface area (Å²) in [4.78, 5) is 24.1. The molecular weight excluding hydrogens is 436 g/mol. The Morgan fingerprint density at radius 3 is 2.68 bits per heavy atom. The van der Waals surface area contributed by atoms with Crippen LogP contribution in [0.15, 0.2) is 68.3 Å². The normalized spacial score (nSPS) is 17.8. The van der Waals surface area contributed by atoms with Crippen LogP contribution < -0.4 is 5.01 Å². The van der Waals surface area contributed by atoms with E-state index in [9.17, 15) is 14.7 Å². The Labute approximate surface area is 195 Å². The van der Waals surface area contributed by atoms with Crippen molar-refractivity contribution in [2.24, 2.45) is 15.3 Å². The fourth-order valence-electron chi connectivity index (χ4n) is 4.25. The molecule has 2 heterocycles. The zero-order valence-electron chi connectivity index (χ0n) is 18.4. The van der Waals surface area contributed by atoms with Gasteiger partial charge in [-0.3, -0.25) is 4.79 Å². The highest BCUT2D eigenvalue weighted by Crippen LogP contribution is 2.38. The van der Waals surface area contributed by atoms with E-state index in [0.29, 0.717) is 11.4 Å². The van der Waals surface area contributed by atoms with Crippen molar-refractivity contribution >= 4 is 29.0 Å². The van der Waals surface area contributed by atoms with Crippen molar-refractivity contribution in [1.29, 1.82) is 0 Å². The van der Waals surface area contributed by atoms with Crippen molar-refractivity contribution < 1.29 is 24.2 Å². The number of para-hydroxylation sites is 1. The number of phenolic OH excluding ortho intramolecular Hbond substituents is 1. The van der Waals surface area contributed by atoms with Crippen LogP contribution in [0.4, 0.5) is 11.4 Å². The molecule has 1 amide bonds. The molecule has 9 nitrogen and oxygen atoms in total. The van der Waals surface area contributed by atoms with Gasteiger partial charge in [0.1, 0.15) is 11.4 Å². The number of carboxylic acid groups (broad SMARTS) is 1. The summed E-state index contributed by atoms with van der Waals surface area (Å²) in [7, 11) is 0. The van der Waals surface area contributed by atoms with E-state index >= 15 is 0 Å². The molecule has 3 aromatic rings. The third-order valence-electron chi connectivity index (χ3n) is 6.05. The molecule has 0 fully saturated rings. The summed E-state index contributed by atoms with van der Waals surface area (Å²) < 4.78 is 5.27. The summed E-state index contributed by atoms with van der Waals surface area (Å²) in [6.45, 7) is 1.71. The molecule has 1 aliphatic carbocycles. The number of fused-ring (bicyclic) bond motifs is 1. The first-order valence-electron chi connectivity index (χ1n) is 11.0. The van der Waals surface area contributed by atoms with Gasteiger partial charge in [-0.2, -0.15) is 20.3 Å². The number of hydrogen-bond acceptors (Lipinski definition) is 7. The number of rotatable bonds is 5. The third-order valence-corrected chi connectivity index (χ3v) is 6.05. The zero-order valence-corrected chi connectivity index (χ0v) is 18.4. The minimum Gasteiger partial charge on any atom is -0.505 e. The molecule has 2 aromatic carbocycles. The molecule has 0 saturated carbocycles. The number of phenols is 1. The Balaban J connectivity index is 1.38. The second-order valence-electron chi connectivity index (χ2n) is 8.31. The summed E-state index contributed by atoms with van der Waals surface area (Å²) in [5.74, 6) is -1.82. The second-order valence-corrected chi connectivity index (χ2v) is 8.31. The van der Waals surface area contributed by atoms with E-state index in [1.807, 2.05) is 12.1 Å². The van der Waals surface area contributed by atoms with E-state index in [1.165, 1.54) is 40.8 Å². The first-order valence-corrected chi connectivity index (χ1v) is 11.0. The number of aromatic carboxylic acids is 1. The van der Waals surface area contributed by atoms with Gasteiger partial charge in [0.25, 0.3) is 5.91 Å². The van der Waals surface area contributed by atoms with Crippen molar-refractivity contribution in [3.05, 3.63) is 65.4 Å². The lowest BCUT2D eigenvalue weighted by Gasteiger charge is -2.19. The molecule has 1 aromatic heterocycles. The van der Waals surface area contributed by atoms with Crippen LogP contribution in [-0.2, 0) is 17.6 Å². The van der Waals surface area contributed by atoms with Crippen LogP contribution in [0, 0.1) is 0 Å². The minimum atomic E-state index is -1.21. The number of carboxylic acids is 1. The number of benzene rings is 2. The average Bonchev–Trinajstić information content (AvgIpc) is 3.43. The molecule has 2 N–H and O–H groups in total. The number of hydrazone groups is 1. The van der Waals surface area contributed by atoms with Gasteiger partial charge in [-0.05, 0) is 80.1 Å². The fourth-order valence-corrected chi connectivity index (χ4v) is 4.25. The standard InChI is InChI=1S/C25H22N4O5/c1-14-22(24(31)29(28-14)17-10-9-15-5-2-3-6-16(15)13-17)27-26-19-8-4-7-18(23(19)30)20-11-12-21(34-20)25(32)33/h4,7-13,22,30H,2-3,5-6H2,1H3,(H,32,33). The van der Waals surface area contributed by atoms with Gasteiger partial charge >= 0.3 is 5.97 Å². The number of carbonyl (C=O) groups excluding carboxylic acids is 1. The van der Waals surface area contributed by atoms with Crippen molar-refractivity contribution in [2.45, 2.75) is 38.6 Å². The van der Waals surface area contributed by atoms with Crippen molar-refractivity contribution in [2.75, 3.05) is 5.01 Å². The molecule has 1 atom stereocenters. The topological polar surface area (TPSA) is 128 Å². The van der Waals surface area contributed by atoms with E-state index in [4.69, 9.17) is 9.52 Å². The number of aryl methyl sites for hydroxylation is 2. The monoisotopic (exact) mass is 458 g/mol. The van der Waals surface area contributed by atoms with Crippen LogP contribution in [0.3, 0.4) is 0 Å². The van der Waals surface area contributed by atoms with Gasteiger partial charge in [0.2, 0.25) is 5.76 Å². The van der Waals surface area contributed by atoms with Gasteiger partial charge in [-0.25, -0.2) is 4.79 Å². The molecule has 34 heavy (non-hydrogen) atoms. The molecule has 0 radical (unpaired) electrons. The van der Waals surface area contributed by atoms with E-state index in [1.54, 1.807) is 19.1 Å². The van der Waals surface area contributed by atoms with Crippen molar-refractivity contribution in [1.82, 2.24) is 0 Å². The summed E-state index contributed by atoms with van der Waals surface area (Å²) >= 11 is 0. The first-order chi connectivity index (χ1) is 16.4. The first kappa shape index (κ1) is 21.6. The summed E-state index contributed by atoms with van der Waals surface area (Å²) in [6, 6.07) is 12.6. The predicted molar refractivity (Wildman–Crippen MR) is 125 cm³/mol. The summed E-state index contributed by atoms with van der Waals surface area (Å²) in [5.41, 5.74) is 4.17. The van der Waals surface area contributed by atoms with E-state index in [0.717, 1.165) is 19.3 Å². The number of carbonyl (C=O) groups is 2. The molecule has 2 aliphatic rings. The van der Waals surface area contributed by atoms with Gasteiger partial charge in [0.15, 0.2) is 11.8 Å². The highest BCUT2D eigenvalue weighted by atomic mass is 16.4. The smallest absolute Gasteiger partial charge is 0.371 e. The largest absolute Gasteiger partial charge is 0.505 e. The minimum absolute atomic E-state index is 0.124. The number of nitrogens with zero attached hydrogens (tertiary/aromatic N) is 4. The van der Waals surface area contributed by atoms with Crippen molar-refractivity contribution in [3.8, 4) is 17.1 Å². The lowest BCUT2D eigenvalue weighted by molar-refractivity contribution is -0.117. The predicted octanol–water partition coefficient (Wildman–Crippen LogP) is 5.10. The second kappa shape index (κ2) is 8.58. The van der Waals surface area contributed by atoms with Crippen LogP contribution in [0.5, 0.6) is 5.75 Å². The van der Waals surface area contributed by atoms with Crippen LogP contribution in [0.1, 0.15) is 41.4 Å². The number of hydrogen-bond donors (Lipinski definition) is 2. The lowest BCUT2D eigenvalue weighted by atomic mass is 9.91. The molecule has 1 unspecified atom stereocenters. The molecular formula is C25H22N4O5. The maximum atomic E-state index is 13.1. The lowest BCUT2D eigenvalue weighted by Crippen LogP contribution is -2.29. The van der Waals surface area contributed by atoms with Gasteiger partial charge in [-0.1, -0.05) is 12.1 Å². The van der Waals surface area contributed by atoms with Gasteiger partial charge in [0.05, 0.1) is 17.0 Å². The Morgan fingerprint density at radius 1 is 1.12 bits per heavy atom. The van der Waals surface area contributed by atoms with Crippen LogP contribution in [-0.4, -0.2) is 33.8 Å². The highest BCUT2D eigenvalue weighted by Gasteiger charge is 2.35. The maximum Gasteiger partial charge on any atom is 0.371 e. The number of azo groups is 1.